The molecule has 0 aliphatic carbocycles. The van der Waals surface area contributed by atoms with E-state index in [1.807, 2.05) is 26.8 Å². The van der Waals surface area contributed by atoms with Crippen LogP contribution < -0.4 is 15.0 Å². The Hall–Kier alpha value is -3.12. The number of benzene rings is 2. The number of carbonyl (C=O) groups excluding carboxylic acids is 1. The van der Waals surface area contributed by atoms with Gasteiger partial charge in [0.05, 0.1) is 28.4 Å². The number of nitrogens with one attached hydrogen (secondary N) is 1. The maximum Gasteiger partial charge on any atom is 0.240 e. The molecule has 1 amide bonds. The van der Waals surface area contributed by atoms with Crippen molar-refractivity contribution in [2.75, 3.05) is 6.61 Å². The average Bonchev–Trinajstić information content (AvgIpc) is 2.83. The van der Waals surface area contributed by atoms with Gasteiger partial charge < -0.3 is 14.7 Å². The minimum absolute atomic E-state index is 0.0975. The summed E-state index contributed by atoms with van der Waals surface area (Å²) in [5.41, 5.74) is 3.85. The Labute approximate surface area is 204 Å². The summed E-state index contributed by atoms with van der Waals surface area (Å²) in [7, 11) is 0. The second-order valence-corrected chi connectivity index (χ2v) is 8.97. The highest BCUT2D eigenvalue weighted by Gasteiger charge is 2.34. The molecule has 0 bridgehead atoms. The van der Waals surface area contributed by atoms with Crippen molar-refractivity contribution in [3.8, 4) is 17.6 Å². The first kappa shape index (κ1) is 25.5. The van der Waals surface area contributed by atoms with E-state index in [4.69, 9.17) is 21.2 Å². The van der Waals surface area contributed by atoms with Gasteiger partial charge in [0.15, 0.2) is 5.75 Å². The summed E-state index contributed by atoms with van der Waals surface area (Å²) in [6.07, 6.45) is 1.03. The molecule has 9 heteroatoms. The molecule has 2 N–H and O–H groups in total. The third kappa shape index (κ3) is 6.26. The Kier molecular flexibility index (Phi) is 8.51. The van der Waals surface area contributed by atoms with Crippen molar-refractivity contribution in [1.82, 2.24) is 10.5 Å². The van der Waals surface area contributed by atoms with Crippen molar-refractivity contribution in [2.24, 2.45) is 5.10 Å². The maximum absolute atomic E-state index is 11.3. The molecule has 0 fully saturated rings. The molecule has 1 heterocycles. The number of para-hydroxylation sites is 1. The molecular formula is C25H29ClN4O4. The first-order valence-electron chi connectivity index (χ1n) is 11.2. The number of rotatable bonds is 10. The van der Waals surface area contributed by atoms with Gasteiger partial charge in [0.25, 0.3) is 0 Å². The van der Waals surface area contributed by atoms with E-state index in [9.17, 15) is 15.2 Å². The zero-order valence-corrected chi connectivity index (χ0v) is 20.3. The van der Waals surface area contributed by atoms with E-state index in [1.165, 1.54) is 5.06 Å². The molecule has 1 aliphatic rings. The number of nitrogens with zero attached hydrogens (tertiary/aromatic N) is 3. The van der Waals surface area contributed by atoms with Crippen molar-refractivity contribution < 1.29 is 19.5 Å². The van der Waals surface area contributed by atoms with Gasteiger partial charge in [0, 0.05) is 19.3 Å². The molecule has 0 aromatic heterocycles. The summed E-state index contributed by atoms with van der Waals surface area (Å²) < 4.78 is 5.93. The highest BCUT2D eigenvalue weighted by atomic mass is 35.5. The number of hydroxylamine groups is 2. The molecule has 34 heavy (non-hydrogen) atoms. The normalized spacial score (nSPS) is 14.7. The maximum atomic E-state index is 11.3. The second kappa shape index (κ2) is 11.3. The van der Waals surface area contributed by atoms with Crippen LogP contribution in [0.2, 0.25) is 5.02 Å². The fourth-order valence-electron chi connectivity index (χ4n) is 3.50. The summed E-state index contributed by atoms with van der Waals surface area (Å²) in [4.78, 5) is 17.3. The number of aliphatic hydroxyl groups is 1. The van der Waals surface area contributed by atoms with E-state index in [-0.39, 0.29) is 5.91 Å². The number of hydrazone groups is 1. The van der Waals surface area contributed by atoms with Crippen LogP contribution in [0, 0.1) is 11.3 Å². The van der Waals surface area contributed by atoms with Gasteiger partial charge >= 0.3 is 0 Å². The van der Waals surface area contributed by atoms with Gasteiger partial charge in [-0.05, 0) is 56.2 Å². The quantitative estimate of drug-likeness (QED) is 0.382. The van der Waals surface area contributed by atoms with Gasteiger partial charge in [-0.15, -0.1) is 5.06 Å². The Balaban J connectivity index is 1.66. The van der Waals surface area contributed by atoms with E-state index in [0.717, 1.165) is 11.3 Å². The van der Waals surface area contributed by atoms with Crippen LogP contribution in [-0.4, -0.2) is 40.2 Å². The average molecular weight is 485 g/mol. The molecule has 3 rings (SSSR count). The lowest BCUT2D eigenvalue weighted by molar-refractivity contribution is -0.228. The minimum atomic E-state index is -0.874. The lowest BCUT2D eigenvalue weighted by Gasteiger charge is -2.40. The smallest absolute Gasteiger partial charge is 0.240 e. The van der Waals surface area contributed by atoms with Crippen molar-refractivity contribution in [3.05, 3.63) is 58.6 Å². The molecule has 0 spiro atoms. The number of ether oxygens (including phenoxy) is 1. The zero-order valence-electron chi connectivity index (χ0n) is 19.5. The summed E-state index contributed by atoms with van der Waals surface area (Å²) in [5, 5.41) is 26.0. The topological polar surface area (TPSA) is 107 Å². The summed E-state index contributed by atoms with van der Waals surface area (Å²) in [6.45, 7) is 6.04. The van der Waals surface area contributed by atoms with Crippen LogP contribution in [0.15, 0.2) is 47.6 Å². The van der Waals surface area contributed by atoms with Crippen LogP contribution >= 0.6 is 11.6 Å². The monoisotopic (exact) mass is 484 g/mol. The highest BCUT2D eigenvalue weighted by Crippen LogP contribution is 2.30. The lowest BCUT2D eigenvalue weighted by atomic mass is 10.00. The number of halogens is 1. The summed E-state index contributed by atoms with van der Waals surface area (Å²) in [6, 6.07) is 14.4. The SMILES string of the molecule is CCC(O)N(Oc1ccccc1C#N)C(C)(C)CCOc1ccc(C2=NNC(=O)CC2)cc1Cl. The van der Waals surface area contributed by atoms with Crippen molar-refractivity contribution in [3.63, 3.8) is 0 Å². The number of aliphatic hydroxyl groups excluding tert-OH is 1. The van der Waals surface area contributed by atoms with E-state index in [2.05, 4.69) is 16.6 Å². The number of nitriles is 1. The molecule has 1 atom stereocenters. The molecule has 1 aliphatic heterocycles. The summed E-state index contributed by atoms with van der Waals surface area (Å²) >= 11 is 6.43. The van der Waals surface area contributed by atoms with E-state index in [0.29, 0.717) is 54.4 Å². The Morgan fingerprint density at radius 2 is 2.03 bits per heavy atom. The molecule has 0 saturated carbocycles. The van der Waals surface area contributed by atoms with Crippen LogP contribution in [0.3, 0.4) is 0 Å². The van der Waals surface area contributed by atoms with E-state index in [1.54, 1.807) is 36.4 Å². The molecular weight excluding hydrogens is 456 g/mol. The molecule has 0 radical (unpaired) electrons. The minimum Gasteiger partial charge on any atom is -0.492 e. The van der Waals surface area contributed by atoms with Crippen molar-refractivity contribution >= 4 is 23.2 Å². The largest absolute Gasteiger partial charge is 0.492 e. The van der Waals surface area contributed by atoms with Crippen LogP contribution in [-0.2, 0) is 4.79 Å². The first-order chi connectivity index (χ1) is 16.2. The van der Waals surface area contributed by atoms with Gasteiger partial charge in [-0.1, -0.05) is 30.7 Å². The van der Waals surface area contributed by atoms with Gasteiger partial charge in [-0.3, -0.25) is 4.79 Å². The number of hydrogen-bond donors (Lipinski definition) is 2. The predicted octanol–water partition coefficient (Wildman–Crippen LogP) is 4.40. The van der Waals surface area contributed by atoms with Crippen molar-refractivity contribution in [1.29, 1.82) is 5.26 Å². The van der Waals surface area contributed by atoms with Gasteiger partial charge in [0.2, 0.25) is 5.91 Å². The molecule has 2 aromatic rings. The van der Waals surface area contributed by atoms with Crippen molar-refractivity contribution in [2.45, 2.75) is 58.2 Å². The number of amides is 1. The molecule has 0 saturated heterocycles. The molecule has 1 unspecified atom stereocenters. The summed E-state index contributed by atoms with van der Waals surface area (Å²) in [5.74, 6) is 0.812. The molecule has 8 nitrogen and oxygen atoms in total. The van der Waals surface area contributed by atoms with Crippen LogP contribution in [0.5, 0.6) is 11.5 Å². The van der Waals surface area contributed by atoms with Crippen LogP contribution in [0.4, 0.5) is 0 Å². The van der Waals surface area contributed by atoms with Gasteiger partial charge in [0.1, 0.15) is 18.0 Å². The highest BCUT2D eigenvalue weighted by molar-refractivity contribution is 6.32. The van der Waals surface area contributed by atoms with Crippen LogP contribution in [0.25, 0.3) is 0 Å². The predicted molar refractivity (Wildman–Crippen MR) is 129 cm³/mol. The first-order valence-corrected chi connectivity index (χ1v) is 11.6. The fraction of sp³-hybridized carbons (Fsp3) is 0.400. The Morgan fingerprint density at radius 1 is 1.26 bits per heavy atom. The fourth-order valence-corrected chi connectivity index (χ4v) is 3.73. The second-order valence-electron chi connectivity index (χ2n) is 8.56. The van der Waals surface area contributed by atoms with Gasteiger partial charge in [-0.2, -0.15) is 10.4 Å². The number of carbonyl (C=O) groups is 1. The van der Waals surface area contributed by atoms with E-state index >= 15 is 0 Å². The standard InChI is InChI=1S/C25H29ClN4O4/c1-4-24(32)30(34-21-8-6-5-7-18(21)16-27)25(2,3)13-14-33-22-11-9-17(15-19(22)26)20-10-12-23(31)29-28-20/h5-9,11,15,24,32H,4,10,12-14H2,1-3H3,(H,29,31). The van der Waals surface area contributed by atoms with E-state index < -0.39 is 11.8 Å². The third-order valence-corrected chi connectivity index (χ3v) is 5.87. The molecule has 2 aromatic carbocycles. The molecule has 180 valence electrons. The van der Waals surface area contributed by atoms with Crippen LogP contribution in [0.1, 0.15) is 57.6 Å². The Morgan fingerprint density at radius 3 is 2.68 bits per heavy atom. The number of hydrogen-bond acceptors (Lipinski definition) is 7. The Bertz CT molecular complexity index is 1100. The zero-order chi connectivity index (χ0) is 24.7. The van der Waals surface area contributed by atoms with Gasteiger partial charge in [-0.25, -0.2) is 5.43 Å². The lowest BCUT2D eigenvalue weighted by Crippen LogP contribution is -2.52. The third-order valence-electron chi connectivity index (χ3n) is 5.58.